The van der Waals surface area contributed by atoms with Crippen molar-refractivity contribution in [3.05, 3.63) is 47.5 Å². The van der Waals surface area contributed by atoms with E-state index in [2.05, 4.69) is 4.98 Å². The molecule has 0 unspecified atom stereocenters. The fourth-order valence-corrected chi connectivity index (χ4v) is 1.95. The quantitative estimate of drug-likeness (QED) is 0.933. The van der Waals surface area contributed by atoms with E-state index >= 15 is 0 Å². The number of hydrogen-bond donors (Lipinski definition) is 1. The van der Waals surface area contributed by atoms with Crippen LogP contribution in [-0.2, 0) is 11.8 Å². The third-order valence-electron chi connectivity index (χ3n) is 2.69. The maximum absolute atomic E-state index is 12.4. The van der Waals surface area contributed by atoms with Crippen LogP contribution in [0.2, 0.25) is 5.02 Å². The van der Waals surface area contributed by atoms with Gasteiger partial charge in [0.25, 0.3) is 5.91 Å². The van der Waals surface area contributed by atoms with E-state index in [0.717, 1.165) is 4.90 Å². The van der Waals surface area contributed by atoms with E-state index in [1.165, 1.54) is 17.1 Å². The maximum Gasteiger partial charge on any atom is 0.323 e. The van der Waals surface area contributed by atoms with Gasteiger partial charge in [0, 0.05) is 17.8 Å². The molecule has 0 saturated heterocycles. The number of carboxylic acid groups (broad SMARTS) is 1. The van der Waals surface area contributed by atoms with E-state index < -0.39 is 18.4 Å². The molecule has 0 aliphatic carbocycles. The average molecular weight is 294 g/mol. The van der Waals surface area contributed by atoms with Gasteiger partial charge in [0.15, 0.2) is 0 Å². The average Bonchev–Trinajstić information content (AvgIpc) is 2.81. The molecule has 1 aromatic carbocycles. The predicted octanol–water partition coefficient (Wildman–Crippen LogP) is 1.80. The van der Waals surface area contributed by atoms with Gasteiger partial charge in [0.2, 0.25) is 0 Å². The summed E-state index contributed by atoms with van der Waals surface area (Å²) in [6, 6.07) is 6.48. The Morgan fingerprint density at radius 1 is 1.45 bits per heavy atom. The largest absolute Gasteiger partial charge is 0.480 e. The molecule has 0 atom stereocenters. The van der Waals surface area contributed by atoms with Crippen molar-refractivity contribution in [1.29, 1.82) is 0 Å². The van der Waals surface area contributed by atoms with Crippen molar-refractivity contribution in [2.45, 2.75) is 0 Å². The lowest BCUT2D eigenvalue weighted by Crippen LogP contribution is -2.36. The highest BCUT2D eigenvalue weighted by molar-refractivity contribution is 6.31. The maximum atomic E-state index is 12.4. The van der Waals surface area contributed by atoms with Crippen LogP contribution in [0.3, 0.4) is 0 Å². The number of amides is 1. The first-order chi connectivity index (χ1) is 9.49. The topological polar surface area (TPSA) is 75.4 Å². The highest BCUT2D eigenvalue weighted by Gasteiger charge is 2.22. The van der Waals surface area contributed by atoms with Crippen molar-refractivity contribution >= 4 is 29.2 Å². The number of benzene rings is 1. The molecule has 1 aromatic heterocycles. The Hall–Kier alpha value is -2.34. The van der Waals surface area contributed by atoms with Gasteiger partial charge in [-0.2, -0.15) is 0 Å². The lowest BCUT2D eigenvalue weighted by Gasteiger charge is -2.21. The predicted molar refractivity (Wildman–Crippen MR) is 74.0 cm³/mol. The highest BCUT2D eigenvalue weighted by Crippen LogP contribution is 2.21. The number of aryl methyl sites for hydroxylation is 1. The summed E-state index contributed by atoms with van der Waals surface area (Å²) in [5, 5.41) is 9.41. The molecule has 0 saturated carbocycles. The Morgan fingerprint density at radius 3 is 2.75 bits per heavy atom. The normalized spacial score (nSPS) is 10.3. The lowest BCUT2D eigenvalue weighted by atomic mass is 10.2. The summed E-state index contributed by atoms with van der Waals surface area (Å²) in [6.07, 6.45) is 2.87. The summed E-state index contributed by atoms with van der Waals surface area (Å²) in [5.41, 5.74) is 0.720. The summed E-state index contributed by atoms with van der Waals surface area (Å²) in [4.78, 5) is 28.4. The van der Waals surface area contributed by atoms with E-state index in [0.29, 0.717) is 16.4 Å². The van der Waals surface area contributed by atoms with Crippen molar-refractivity contribution in [2.75, 3.05) is 11.4 Å². The molecule has 7 heteroatoms. The first-order valence-electron chi connectivity index (χ1n) is 5.74. The third-order valence-corrected chi connectivity index (χ3v) is 2.93. The molecule has 0 spiro atoms. The van der Waals surface area contributed by atoms with Crippen molar-refractivity contribution in [3.63, 3.8) is 0 Å². The summed E-state index contributed by atoms with van der Waals surface area (Å²) in [7, 11) is 1.66. The molecule has 1 amide bonds. The molecule has 104 valence electrons. The van der Waals surface area contributed by atoms with Crippen LogP contribution in [0.5, 0.6) is 0 Å². The van der Waals surface area contributed by atoms with Crippen molar-refractivity contribution < 1.29 is 14.7 Å². The van der Waals surface area contributed by atoms with Crippen molar-refractivity contribution in [2.24, 2.45) is 7.05 Å². The Kier molecular flexibility index (Phi) is 4.05. The number of halogens is 1. The minimum Gasteiger partial charge on any atom is -0.480 e. The van der Waals surface area contributed by atoms with Gasteiger partial charge in [-0.3, -0.25) is 14.5 Å². The number of rotatable bonds is 4. The lowest BCUT2D eigenvalue weighted by molar-refractivity contribution is -0.135. The highest BCUT2D eigenvalue weighted by atomic mass is 35.5. The van der Waals surface area contributed by atoms with Crippen LogP contribution < -0.4 is 4.90 Å². The van der Waals surface area contributed by atoms with E-state index in [-0.39, 0.29) is 0 Å². The standard InChI is InChI=1S/C13H12ClN3O3/c1-16-8-15-6-11(16)13(20)17(7-12(18)19)10-4-2-3-9(14)5-10/h2-6,8H,7H2,1H3,(H,18,19). The fourth-order valence-electron chi connectivity index (χ4n) is 1.76. The number of aliphatic carboxylic acids is 1. The molecule has 2 aromatic rings. The molecule has 1 N–H and O–H groups in total. The van der Waals surface area contributed by atoms with Gasteiger partial charge in [0.05, 0.1) is 12.5 Å². The Labute approximate surface area is 120 Å². The summed E-state index contributed by atoms with van der Waals surface area (Å²) < 4.78 is 1.53. The number of carbonyl (C=O) groups is 2. The summed E-state index contributed by atoms with van der Waals surface area (Å²) in [5.74, 6) is -1.56. The number of imidazole rings is 1. The SMILES string of the molecule is Cn1cncc1C(=O)N(CC(=O)O)c1cccc(Cl)c1. The number of nitrogens with zero attached hydrogens (tertiary/aromatic N) is 3. The molecular formula is C13H12ClN3O3. The monoisotopic (exact) mass is 293 g/mol. The van der Waals surface area contributed by atoms with Gasteiger partial charge in [0.1, 0.15) is 12.2 Å². The van der Waals surface area contributed by atoms with Crippen LogP contribution in [0, 0.1) is 0 Å². The van der Waals surface area contributed by atoms with Crippen LogP contribution in [0.15, 0.2) is 36.8 Å². The smallest absolute Gasteiger partial charge is 0.323 e. The number of anilines is 1. The zero-order chi connectivity index (χ0) is 14.7. The first kappa shape index (κ1) is 14.1. The summed E-state index contributed by atoms with van der Waals surface area (Å²) in [6.45, 7) is -0.454. The zero-order valence-electron chi connectivity index (χ0n) is 10.7. The number of carboxylic acids is 1. The van der Waals surface area contributed by atoms with Crippen molar-refractivity contribution in [3.8, 4) is 0 Å². The van der Waals surface area contributed by atoms with E-state index in [1.807, 2.05) is 0 Å². The molecule has 0 fully saturated rings. The molecule has 0 bridgehead atoms. The van der Waals surface area contributed by atoms with Crippen LogP contribution in [0.4, 0.5) is 5.69 Å². The molecule has 0 aliphatic heterocycles. The molecule has 0 aliphatic rings. The van der Waals surface area contributed by atoms with Gasteiger partial charge in [-0.15, -0.1) is 0 Å². The van der Waals surface area contributed by atoms with Gasteiger partial charge in [-0.25, -0.2) is 4.98 Å². The minimum absolute atomic E-state index is 0.297. The Morgan fingerprint density at radius 2 is 2.20 bits per heavy atom. The van der Waals surface area contributed by atoms with Crippen LogP contribution >= 0.6 is 11.6 Å². The van der Waals surface area contributed by atoms with Crippen molar-refractivity contribution in [1.82, 2.24) is 9.55 Å². The second-order valence-electron chi connectivity index (χ2n) is 4.15. The van der Waals surface area contributed by atoms with E-state index in [4.69, 9.17) is 16.7 Å². The molecule has 20 heavy (non-hydrogen) atoms. The van der Waals surface area contributed by atoms with Crippen LogP contribution in [0.25, 0.3) is 0 Å². The molecule has 2 rings (SSSR count). The second kappa shape index (κ2) is 5.75. The number of aromatic nitrogens is 2. The minimum atomic E-state index is -1.11. The third kappa shape index (κ3) is 2.97. The van der Waals surface area contributed by atoms with E-state index in [9.17, 15) is 9.59 Å². The van der Waals surface area contributed by atoms with Crippen LogP contribution in [0.1, 0.15) is 10.5 Å². The molecule has 0 radical (unpaired) electrons. The second-order valence-corrected chi connectivity index (χ2v) is 4.59. The van der Waals surface area contributed by atoms with Gasteiger partial charge in [-0.1, -0.05) is 17.7 Å². The Balaban J connectivity index is 2.40. The number of hydrogen-bond acceptors (Lipinski definition) is 3. The number of carbonyl (C=O) groups excluding carboxylic acids is 1. The molecule has 1 heterocycles. The zero-order valence-corrected chi connectivity index (χ0v) is 11.4. The van der Waals surface area contributed by atoms with E-state index in [1.54, 1.807) is 31.3 Å². The molecular weight excluding hydrogens is 282 g/mol. The molecule has 6 nitrogen and oxygen atoms in total. The van der Waals surface area contributed by atoms with Gasteiger partial charge < -0.3 is 9.67 Å². The van der Waals surface area contributed by atoms with Gasteiger partial charge in [-0.05, 0) is 18.2 Å². The fraction of sp³-hybridized carbons (Fsp3) is 0.154. The summed E-state index contributed by atoms with van der Waals surface area (Å²) >= 11 is 5.88. The first-order valence-corrected chi connectivity index (χ1v) is 6.12. The van der Waals surface area contributed by atoms with Crippen LogP contribution in [-0.4, -0.2) is 33.1 Å². The van der Waals surface area contributed by atoms with Gasteiger partial charge >= 0.3 is 5.97 Å². The Bertz CT molecular complexity index is 654.